The van der Waals surface area contributed by atoms with Crippen LogP contribution in [0, 0.1) is 5.92 Å². The van der Waals surface area contributed by atoms with E-state index in [0.29, 0.717) is 36.5 Å². The number of halogens is 3. The van der Waals surface area contributed by atoms with E-state index in [-0.39, 0.29) is 11.7 Å². The third kappa shape index (κ3) is 4.40. The Morgan fingerprint density at radius 2 is 1.82 bits per heavy atom. The molecule has 0 saturated carbocycles. The van der Waals surface area contributed by atoms with E-state index < -0.39 is 19.0 Å². The second-order valence-corrected chi connectivity index (χ2v) is 5.65. The summed E-state index contributed by atoms with van der Waals surface area (Å²) >= 11 is 5.79. The van der Waals surface area contributed by atoms with Crippen molar-refractivity contribution in [1.82, 2.24) is 10.2 Å². The summed E-state index contributed by atoms with van der Waals surface area (Å²) in [6, 6.07) is 6.21. The summed E-state index contributed by atoms with van der Waals surface area (Å²) in [5.74, 6) is -0.121. The first-order valence-corrected chi connectivity index (χ1v) is 7.46. The van der Waals surface area contributed by atoms with Crippen LogP contribution in [0.15, 0.2) is 24.3 Å². The monoisotopic (exact) mass is 330 g/mol. The van der Waals surface area contributed by atoms with Gasteiger partial charge in [-0.15, -0.1) is 0 Å². The first-order valence-electron chi connectivity index (χ1n) is 7.08. The number of piperidine rings is 1. The third-order valence-electron chi connectivity index (χ3n) is 3.69. The van der Waals surface area contributed by atoms with Crippen LogP contribution >= 0.6 is 11.6 Å². The maximum atomic E-state index is 12.3. The summed E-state index contributed by atoms with van der Waals surface area (Å²) in [7, 11) is 0. The highest BCUT2D eigenvalue weighted by Gasteiger charge is 2.28. The lowest BCUT2D eigenvalue weighted by atomic mass is 9.89. The van der Waals surface area contributed by atoms with E-state index in [2.05, 4.69) is 5.32 Å². The number of rotatable bonds is 4. The van der Waals surface area contributed by atoms with Crippen LogP contribution in [0.5, 0.6) is 0 Å². The predicted octanol–water partition coefficient (Wildman–Crippen LogP) is 3.21. The average Bonchev–Trinajstić information content (AvgIpc) is 2.53. The molecular weight excluding hydrogens is 314 g/mol. The van der Waals surface area contributed by atoms with E-state index >= 15 is 0 Å². The molecule has 1 aromatic carbocycles. The van der Waals surface area contributed by atoms with E-state index in [1.165, 1.54) is 4.90 Å². The zero-order valence-electron chi connectivity index (χ0n) is 11.9. The van der Waals surface area contributed by atoms with E-state index in [0.717, 1.165) is 0 Å². The van der Waals surface area contributed by atoms with Crippen LogP contribution in [0.1, 0.15) is 23.2 Å². The molecule has 1 N–H and O–H groups in total. The molecule has 7 heteroatoms. The fourth-order valence-electron chi connectivity index (χ4n) is 2.47. The molecule has 1 saturated heterocycles. The van der Waals surface area contributed by atoms with Crippen molar-refractivity contribution in [2.75, 3.05) is 19.6 Å². The number of carbonyl (C=O) groups is 2. The Morgan fingerprint density at radius 1 is 1.23 bits per heavy atom. The minimum Gasteiger partial charge on any atom is -0.332 e. The van der Waals surface area contributed by atoms with Gasteiger partial charge >= 0.3 is 6.03 Å². The van der Waals surface area contributed by atoms with Crippen LogP contribution in [0.3, 0.4) is 0 Å². The minimum atomic E-state index is -2.56. The highest BCUT2D eigenvalue weighted by atomic mass is 35.5. The molecule has 1 aliphatic heterocycles. The number of hydrogen-bond donors (Lipinski definition) is 1. The molecule has 1 fully saturated rings. The lowest BCUT2D eigenvalue weighted by molar-refractivity contribution is 0.0851. The molecule has 1 aliphatic rings. The van der Waals surface area contributed by atoms with Gasteiger partial charge in [-0.2, -0.15) is 0 Å². The van der Waals surface area contributed by atoms with Gasteiger partial charge in [0.2, 0.25) is 0 Å². The SMILES string of the molecule is O=C(c1ccc(Cl)cc1)C1CCN(C(=O)NCC(F)F)CC1. The molecule has 1 aromatic rings. The van der Waals surface area contributed by atoms with Gasteiger partial charge in [-0.3, -0.25) is 4.79 Å². The quantitative estimate of drug-likeness (QED) is 0.862. The normalized spacial score (nSPS) is 15.9. The number of benzene rings is 1. The van der Waals surface area contributed by atoms with Crippen molar-refractivity contribution in [3.05, 3.63) is 34.9 Å². The Hall–Kier alpha value is -1.69. The Bertz CT molecular complexity index is 529. The number of hydrogen-bond acceptors (Lipinski definition) is 2. The van der Waals surface area contributed by atoms with E-state index in [9.17, 15) is 18.4 Å². The Morgan fingerprint density at radius 3 is 2.36 bits per heavy atom. The largest absolute Gasteiger partial charge is 0.332 e. The fraction of sp³-hybridized carbons (Fsp3) is 0.467. The molecule has 0 radical (unpaired) electrons. The summed E-state index contributed by atoms with van der Waals surface area (Å²) in [5, 5.41) is 2.74. The van der Waals surface area contributed by atoms with Crippen molar-refractivity contribution in [2.45, 2.75) is 19.3 Å². The highest BCUT2D eigenvalue weighted by molar-refractivity contribution is 6.30. The van der Waals surface area contributed by atoms with Gasteiger partial charge in [0.15, 0.2) is 5.78 Å². The van der Waals surface area contributed by atoms with Gasteiger partial charge < -0.3 is 10.2 Å². The first kappa shape index (κ1) is 16.7. The van der Waals surface area contributed by atoms with Gasteiger partial charge in [-0.25, -0.2) is 13.6 Å². The van der Waals surface area contributed by atoms with Gasteiger partial charge in [0, 0.05) is 29.6 Å². The van der Waals surface area contributed by atoms with Crippen molar-refractivity contribution in [3.8, 4) is 0 Å². The Kier molecular flexibility index (Phi) is 5.71. The second kappa shape index (κ2) is 7.54. The molecule has 2 amide bonds. The summed E-state index contributed by atoms with van der Waals surface area (Å²) in [6.45, 7) is 0.126. The van der Waals surface area contributed by atoms with Gasteiger partial charge in [0.25, 0.3) is 6.43 Å². The zero-order chi connectivity index (χ0) is 16.1. The smallest absolute Gasteiger partial charge is 0.317 e. The minimum absolute atomic E-state index is 0.0318. The molecule has 0 aliphatic carbocycles. The van der Waals surface area contributed by atoms with E-state index in [1.807, 2.05) is 0 Å². The molecule has 0 spiro atoms. The van der Waals surface area contributed by atoms with Crippen molar-refractivity contribution in [2.24, 2.45) is 5.92 Å². The molecule has 0 aromatic heterocycles. The summed E-state index contributed by atoms with van der Waals surface area (Å²) in [5.41, 5.74) is 0.602. The summed E-state index contributed by atoms with van der Waals surface area (Å²) in [6.07, 6.45) is -1.50. The third-order valence-corrected chi connectivity index (χ3v) is 3.94. The molecule has 0 bridgehead atoms. The number of ketones is 1. The molecule has 22 heavy (non-hydrogen) atoms. The van der Waals surface area contributed by atoms with Crippen molar-refractivity contribution >= 4 is 23.4 Å². The molecule has 120 valence electrons. The topological polar surface area (TPSA) is 49.4 Å². The molecule has 4 nitrogen and oxygen atoms in total. The standard InChI is InChI=1S/C15H17ClF2N2O2/c16-12-3-1-10(2-4-12)14(21)11-5-7-20(8-6-11)15(22)19-9-13(17)18/h1-4,11,13H,5-9H2,(H,19,22). The fourth-order valence-corrected chi connectivity index (χ4v) is 2.60. The number of carbonyl (C=O) groups excluding carboxylic acids is 2. The van der Waals surface area contributed by atoms with Crippen molar-refractivity contribution < 1.29 is 18.4 Å². The number of likely N-dealkylation sites (tertiary alicyclic amines) is 1. The van der Waals surface area contributed by atoms with Crippen LogP contribution < -0.4 is 5.32 Å². The van der Waals surface area contributed by atoms with Crippen LogP contribution in [0.4, 0.5) is 13.6 Å². The predicted molar refractivity (Wildman–Crippen MR) is 79.5 cm³/mol. The molecule has 1 heterocycles. The Balaban J connectivity index is 1.85. The first-order chi connectivity index (χ1) is 10.5. The van der Waals surface area contributed by atoms with E-state index in [1.54, 1.807) is 24.3 Å². The maximum Gasteiger partial charge on any atom is 0.317 e. The lowest BCUT2D eigenvalue weighted by Gasteiger charge is -2.31. The van der Waals surface area contributed by atoms with Gasteiger partial charge in [0.1, 0.15) is 0 Å². The lowest BCUT2D eigenvalue weighted by Crippen LogP contribution is -2.46. The van der Waals surface area contributed by atoms with Gasteiger partial charge in [0.05, 0.1) is 6.54 Å². The number of Topliss-reactive ketones (excluding diaryl/α,β-unsaturated/α-hetero) is 1. The summed E-state index contributed by atoms with van der Waals surface area (Å²) in [4.78, 5) is 25.5. The zero-order valence-corrected chi connectivity index (χ0v) is 12.7. The molecule has 0 atom stereocenters. The number of nitrogens with one attached hydrogen (secondary N) is 1. The highest BCUT2D eigenvalue weighted by Crippen LogP contribution is 2.22. The van der Waals surface area contributed by atoms with Crippen LogP contribution in [0.2, 0.25) is 5.02 Å². The molecule has 2 rings (SSSR count). The molecular formula is C15H17ClF2N2O2. The average molecular weight is 331 g/mol. The molecule has 0 unspecified atom stereocenters. The van der Waals surface area contributed by atoms with Crippen LogP contribution in [0.25, 0.3) is 0 Å². The Labute approximate surface area is 132 Å². The number of amides is 2. The van der Waals surface area contributed by atoms with Crippen LogP contribution in [-0.2, 0) is 0 Å². The second-order valence-electron chi connectivity index (χ2n) is 5.21. The van der Waals surface area contributed by atoms with Crippen LogP contribution in [-0.4, -0.2) is 42.8 Å². The summed E-state index contributed by atoms with van der Waals surface area (Å²) < 4.78 is 24.1. The van der Waals surface area contributed by atoms with Crippen molar-refractivity contribution in [3.63, 3.8) is 0 Å². The number of nitrogens with zero attached hydrogens (tertiary/aromatic N) is 1. The van der Waals surface area contributed by atoms with Gasteiger partial charge in [-0.1, -0.05) is 11.6 Å². The van der Waals surface area contributed by atoms with Gasteiger partial charge in [-0.05, 0) is 37.1 Å². The number of urea groups is 1. The number of alkyl halides is 2. The van der Waals surface area contributed by atoms with Crippen molar-refractivity contribution in [1.29, 1.82) is 0 Å². The maximum absolute atomic E-state index is 12.3. The van der Waals surface area contributed by atoms with E-state index in [4.69, 9.17) is 11.6 Å².